The van der Waals surface area contributed by atoms with E-state index in [2.05, 4.69) is 16.0 Å². The van der Waals surface area contributed by atoms with Crippen LogP contribution >= 0.6 is 0 Å². The van der Waals surface area contributed by atoms with Crippen LogP contribution in [0.3, 0.4) is 0 Å². The van der Waals surface area contributed by atoms with Crippen molar-refractivity contribution in [1.29, 1.82) is 0 Å². The van der Waals surface area contributed by atoms with Crippen molar-refractivity contribution in [3.8, 4) is 11.5 Å². The summed E-state index contributed by atoms with van der Waals surface area (Å²) in [7, 11) is 4.39. The Labute approximate surface area is 172 Å². The summed E-state index contributed by atoms with van der Waals surface area (Å²) in [4.78, 5) is 23.6. The van der Waals surface area contributed by atoms with Gasteiger partial charge in [0.2, 0.25) is 5.91 Å². The van der Waals surface area contributed by atoms with Gasteiger partial charge in [0.15, 0.2) is 11.5 Å². The SMILES string of the molecule is C1COCCN1.CCNCC(=O)NC(CC(=O)OC)c1ccc(OC)c(OC)c1. The molecule has 9 heteroatoms. The van der Waals surface area contributed by atoms with E-state index >= 15 is 0 Å². The minimum absolute atomic E-state index is 0.0316. The van der Waals surface area contributed by atoms with E-state index < -0.39 is 12.0 Å². The average molecular weight is 411 g/mol. The number of methoxy groups -OCH3 is 3. The molecule has 29 heavy (non-hydrogen) atoms. The number of amides is 1. The molecule has 0 saturated carbocycles. The number of hydrogen-bond acceptors (Lipinski definition) is 8. The molecule has 1 aliphatic heterocycles. The van der Waals surface area contributed by atoms with Gasteiger partial charge in [-0.15, -0.1) is 0 Å². The second kappa shape index (κ2) is 14.6. The highest BCUT2D eigenvalue weighted by molar-refractivity contribution is 5.79. The molecule has 1 amide bonds. The van der Waals surface area contributed by atoms with E-state index in [0.717, 1.165) is 31.9 Å². The first kappa shape index (κ1) is 24.7. The lowest BCUT2D eigenvalue weighted by Crippen LogP contribution is -2.37. The zero-order chi connectivity index (χ0) is 21.5. The van der Waals surface area contributed by atoms with Crippen molar-refractivity contribution in [1.82, 2.24) is 16.0 Å². The van der Waals surface area contributed by atoms with E-state index in [4.69, 9.17) is 18.9 Å². The molecule has 0 bridgehead atoms. The number of nitrogens with one attached hydrogen (secondary N) is 3. The third-order valence-corrected chi connectivity index (χ3v) is 4.13. The van der Waals surface area contributed by atoms with Crippen molar-refractivity contribution in [2.45, 2.75) is 19.4 Å². The predicted molar refractivity (Wildman–Crippen MR) is 109 cm³/mol. The normalized spacial score (nSPS) is 14.1. The summed E-state index contributed by atoms with van der Waals surface area (Å²) in [6.45, 7) is 6.61. The van der Waals surface area contributed by atoms with Crippen molar-refractivity contribution in [2.24, 2.45) is 0 Å². The molecular weight excluding hydrogens is 378 g/mol. The summed E-state index contributed by atoms with van der Waals surface area (Å²) in [5.41, 5.74) is 0.734. The van der Waals surface area contributed by atoms with Crippen molar-refractivity contribution < 1.29 is 28.5 Å². The number of esters is 1. The molecule has 1 fully saturated rings. The maximum Gasteiger partial charge on any atom is 0.307 e. The molecule has 9 nitrogen and oxygen atoms in total. The lowest BCUT2D eigenvalue weighted by atomic mass is 10.0. The third-order valence-electron chi connectivity index (χ3n) is 4.13. The fourth-order valence-electron chi connectivity index (χ4n) is 2.57. The van der Waals surface area contributed by atoms with Gasteiger partial charge in [-0.05, 0) is 24.2 Å². The van der Waals surface area contributed by atoms with Crippen molar-refractivity contribution >= 4 is 11.9 Å². The van der Waals surface area contributed by atoms with E-state index in [1.165, 1.54) is 14.2 Å². The van der Waals surface area contributed by atoms with E-state index in [1.807, 2.05) is 6.92 Å². The Morgan fingerprint density at radius 3 is 2.31 bits per heavy atom. The van der Waals surface area contributed by atoms with Crippen LogP contribution in [0.15, 0.2) is 18.2 Å². The summed E-state index contributed by atoms with van der Waals surface area (Å²) in [5.74, 6) is 0.497. The first-order valence-corrected chi connectivity index (χ1v) is 9.62. The van der Waals surface area contributed by atoms with Crippen molar-refractivity contribution in [3.63, 3.8) is 0 Å². The molecule has 0 radical (unpaired) electrons. The smallest absolute Gasteiger partial charge is 0.307 e. The fraction of sp³-hybridized carbons (Fsp3) is 0.600. The van der Waals surface area contributed by atoms with Crippen molar-refractivity contribution in [2.75, 3.05) is 60.7 Å². The van der Waals surface area contributed by atoms with Crippen LogP contribution in [-0.4, -0.2) is 72.6 Å². The summed E-state index contributed by atoms with van der Waals surface area (Å²) in [6.07, 6.45) is 0.0316. The molecule has 164 valence electrons. The average Bonchev–Trinajstić information content (AvgIpc) is 2.78. The molecule has 1 aliphatic rings. The van der Waals surface area contributed by atoms with Crippen molar-refractivity contribution in [3.05, 3.63) is 23.8 Å². The molecule has 0 aliphatic carbocycles. The standard InChI is InChI=1S/C16H24N2O5.C4H9NO/c1-5-17-10-15(19)18-12(9-16(20)23-4)11-6-7-13(21-2)14(8-11)22-3;1-3-6-4-2-5-1/h6-8,12,17H,5,9-10H2,1-4H3,(H,18,19);5H,1-4H2. The maximum atomic E-state index is 12.0. The number of morpholine rings is 1. The highest BCUT2D eigenvalue weighted by Crippen LogP contribution is 2.31. The predicted octanol–water partition coefficient (Wildman–Crippen LogP) is 0.640. The van der Waals surface area contributed by atoms with Gasteiger partial charge in [0, 0.05) is 13.1 Å². The van der Waals surface area contributed by atoms with Gasteiger partial charge in [-0.1, -0.05) is 13.0 Å². The number of likely N-dealkylation sites (N-methyl/N-ethyl adjacent to an activating group) is 1. The molecule has 0 aromatic heterocycles. The Kier molecular flexibility index (Phi) is 12.4. The van der Waals surface area contributed by atoms with Crippen LogP contribution in [0, 0.1) is 0 Å². The van der Waals surface area contributed by atoms with Gasteiger partial charge in [0.1, 0.15) is 0 Å². The Bertz CT molecular complexity index is 611. The number of carbonyl (C=O) groups is 2. The monoisotopic (exact) mass is 411 g/mol. The van der Waals surface area contributed by atoms with E-state index in [1.54, 1.807) is 25.3 Å². The summed E-state index contributed by atoms with van der Waals surface area (Å²) >= 11 is 0. The highest BCUT2D eigenvalue weighted by Gasteiger charge is 2.20. The molecule has 1 saturated heterocycles. The van der Waals surface area contributed by atoms with Gasteiger partial charge in [-0.2, -0.15) is 0 Å². The fourth-order valence-corrected chi connectivity index (χ4v) is 2.57. The number of ether oxygens (including phenoxy) is 4. The largest absolute Gasteiger partial charge is 0.493 e. The first-order chi connectivity index (χ1) is 14.0. The summed E-state index contributed by atoms with van der Waals surface area (Å²) < 4.78 is 20.2. The first-order valence-electron chi connectivity index (χ1n) is 9.62. The second-order valence-corrected chi connectivity index (χ2v) is 6.16. The van der Waals surface area contributed by atoms with Gasteiger partial charge in [-0.3, -0.25) is 9.59 Å². The highest BCUT2D eigenvalue weighted by atomic mass is 16.5. The molecule has 2 rings (SSSR count). The summed E-state index contributed by atoms with van der Waals surface area (Å²) in [5, 5.41) is 8.92. The molecule has 0 spiro atoms. The number of carbonyl (C=O) groups excluding carboxylic acids is 2. The van der Waals surface area contributed by atoms with E-state index in [-0.39, 0.29) is 18.9 Å². The molecule has 1 aromatic rings. The van der Waals surface area contributed by atoms with Crippen LogP contribution in [0.25, 0.3) is 0 Å². The molecule has 1 atom stereocenters. The van der Waals surface area contributed by atoms with Crippen LogP contribution in [0.5, 0.6) is 11.5 Å². The number of rotatable bonds is 9. The minimum atomic E-state index is -0.506. The van der Waals surface area contributed by atoms with Gasteiger partial charge in [-0.25, -0.2) is 0 Å². The zero-order valence-corrected chi connectivity index (χ0v) is 17.7. The van der Waals surface area contributed by atoms with Crippen LogP contribution < -0.4 is 25.4 Å². The number of hydrogen-bond donors (Lipinski definition) is 3. The van der Waals surface area contributed by atoms with E-state index in [9.17, 15) is 9.59 Å². The Morgan fingerprint density at radius 2 is 1.83 bits per heavy atom. The number of benzene rings is 1. The maximum absolute atomic E-state index is 12.0. The van der Waals surface area contributed by atoms with Crippen LogP contribution in [0.2, 0.25) is 0 Å². The third kappa shape index (κ3) is 9.60. The lowest BCUT2D eigenvalue weighted by Gasteiger charge is -2.20. The summed E-state index contributed by atoms with van der Waals surface area (Å²) in [6, 6.07) is 4.74. The lowest BCUT2D eigenvalue weighted by molar-refractivity contribution is -0.141. The van der Waals surface area contributed by atoms with Gasteiger partial charge in [0.05, 0.1) is 53.6 Å². The van der Waals surface area contributed by atoms with Crippen LogP contribution in [0.1, 0.15) is 24.9 Å². The van der Waals surface area contributed by atoms with Gasteiger partial charge >= 0.3 is 5.97 Å². The molecule has 1 aromatic carbocycles. The van der Waals surface area contributed by atoms with Crippen LogP contribution in [-0.2, 0) is 19.1 Å². The molecular formula is C20H33N3O6. The van der Waals surface area contributed by atoms with E-state index in [0.29, 0.717) is 18.0 Å². The zero-order valence-electron chi connectivity index (χ0n) is 17.7. The second-order valence-electron chi connectivity index (χ2n) is 6.16. The van der Waals surface area contributed by atoms with Gasteiger partial charge < -0.3 is 34.9 Å². The minimum Gasteiger partial charge on any atom is -0.493 e. The topological polar surface area (TPSA) is 107 Å². The Morgan fingerprint density at radius 1 is 1.14 bits per heavy atom. The quantitative estimate of drug-likeness (QED) is 0.508. The molecule has 1 heterocycles. The van der Waals surface area contributed by atoms with Gasteiger partial charge in [0.25, 0.3) is 0 Å². The molecule has 1 unspecified atom stereocenters. The molecule has 3 N–H and O–H groups in total. The Hall–Kier alpha value is -2.36. The Balaban J connectivity index is 0.000000594. The van der Waals surface area contributed by atoms with Crippen LogP contribution in [0.4, 0.5) is 0 Å².